The first-order valence-corrected chi connectivity index (χ1v) is 8.00. The number of nitrogens with one attached hydrogen (secondary N) is 2. The highest BCUT2D eigenvalue weighted by Crippen LogP contribution is 2.34. The van der Waals surface area contributed by atoms with Crippen LogP contribution in [0.2, 0.25) is 5.02 Å². The van der Waals surface area contributed by atoms with Crippen LogP contribution in [0.15, 0.2) is 24.3 Å². The summed E-state index contributed by atoms with van der Waals surface area (Å²) in [5.74, 6) is 0.0316. The molecule has 1 unspecified atom stereocenters. The largest absolute Gasteiger partial charge is 0.355 e. The standard InChI is InChI=1S/C15H19ClN2OS/c1-3-8-17-15(19)10(2)18-9-13-14(16)11-6-4-5-7-12(11)20-13/h4-7,10,18H,3,8-9H2,1-2H3,(H,17,19). The molecule has 0 bridgehead atoms. The van der Waals surface area contributed by atoms with Crippen LogP contribution < -0.4 is 10.6 Å². The fraction of sp³-hybridized carbons (Fsp3) is 0.400. The van der Waals surface area contributed by atoms with E-state index in [2.05, 4.69) is 16.7 Å². The molecular formula is C15H19ClN2OS. The van der Waals surface area contributed by atoms with Gasteiger partial charge in [0.05, 0.1) is 11.1 Å². The minimum Gasteiger partial charge on any atom is -0.355 e. The van der Waals surface area contributed by atoms with Gasteiger partial charge < -0.3 is 10.6 Å². The third-order valence-electron chi connectivity index (χ3n) is 3.11. The number of halogens is 1. The lowest BCUT2D eigenvalue weighted by Crippen LogP contribution is -2.41. The minimum absolute atomic E-state index is 0.0316. The Balaban J connectivity index is 1.99. The van der Waals surface area contributed by atoms with Crippen LogP contribution in [0.3, 0.4) is 0 Å². The van der Waals surface area contributed by atoms with Crippen LogP contribution in [-0.2, 0) is 11.3 Å². The molecule has 0 saturated heterocycles. The zero-order valence-corrected chi connectivity index (χ0v) is 13.3. The van der Waals surface area contributed by atoms with Gasteiger partial charge in [-0.3, -0.25) is 4.79 Å². The molecule has 2 rings (SSSR count). The molecule has 0 spiro atoms. The maximum absolute atomic E-state index is 11.8. The molecule has 1 atom stereocenters. The Labute approximate surface area is 128 Å². The van der Waals surface area contributed by atoms with Crippen molar-refractivity contribution in [1.82, 2.24) is 10.6 Å². The van der Waals surface area contributed by atoms with E-state index in [9.17, 15) is 4.79 Å². The summed E-state index contributed by atoms with van der Waals surface area (Å²) in [4.78, 5) is 12.8. The van der Waals surface area contributed by atoms with Crippen molar-refractivity contribution in [2.45, 2.75) is 32.9 Å². The molecule has 108 valence electrons. The second-order valence-electron chi connectivity index (χ2n) is 4.73. The number of fused-ring (bicyclic) bond motifs is 1. The number of hydrogen-bond donors (Lipinski definition) is 2. The lowest BCUT2D eigenvalue weighted by Gasteiger charge is -2.13. The molecule has 3 nitrogen and oxygen atoms in total. The summed E-state index contributed by atoms with van der Waals surface area (Å²) in [5, 5.41) is 7.98. The molecular weight excluding hydrogens is 292 g/mol. The summed E-state index contributed by atoms with van der Waals surface area (Å²) in [6.07, 6.45) is 0.945. The average Bonchev–Trinajstić information content (AvgIpc) is 2.79. The summed E-state index contributed by atoms with van der Waals surface area (Å²) in [6, 6.07) is 7.86. The van der Waals surface area contributed by atoms with Crippen LogP contribution in [-0.4, -0.2) is 18.5 Å². The normalized spacial score (nSPS) is 12.6. The summed E-state index contributed by atoms with van der Waals surface area (Å²) in [7, 11) is 0. The van der Waals surface area contributed by atoms with Gasteiger partial charge in [0.1, 0.15) is 0 Å². The van der Waals surface area contributed by atoms with Crippen LogP contribution in [0, 0.1) is 0 Å². The monoisotopic (exact) mass is 310 g/mol. The molecule has 0 saturated carbocycles. The molecule has 0 fully saturated rings. The van der Waals surface area contributed by atoms with Crippen LogP contribution in [0.4, 0.5) is 0 Å². The van der Waals surface area contributed by atoms with E-state index in [0.29, 0.717) is 13.1 Å². The van der Waals surface area contributed by atoms with Crippen molar-refractivity contribution in [3.63, 3.8) is 0 Å². The van der Waals surface area contributed by atoms with E-state index in [-0.39, 0.29) is 11.9 Å². The van der Waals surface area contributed by atoms with E-state index in [1.807, 2.05) is 32.0 Å². The number of thiophene rings is 1. The summed E-state index contributed by atoms with van der Waals surface area (Å²) in [5.41, 5.74) is 0. The van der Waals surface area contributed by atoms with Crippen molar-refractivity contribution in [2.24, 2.45) is 0 Å². The van der Waals surface area contributed by atoms with E-state index < -0.39 is 0 Å². The SMILES string of the molecule is CCCNC(=O)C(C)NCc1sc2ccccc2c1Cl. The maximum atomic E-state index is 11.8. The van der Waals surface area contributed by atoms with E-state index in [1.165, 1.54) is 4.70 Å². The molecule has 1 amide bonds. The lowest BCUT2D eigenvalue weighted by atomic mass is 10.2. The quantitative estimate of drug-likeness (QED) is 0.856. The molecule has 0 aliphatic rings. The van der Waals surface area contributed by atoms with E-state index in [0.717, 1.165) is 21.7 Å². The van der Waals surface area contributed by atoms with Crippen LogP contribution in [0.5, 0.6) is 0 Å². The van der Waals surface area contributed by atoms with Gasteiger partial charge in [-0.15, -0.1) is 11.3 Å². The van der Waals surface area contributed by atoms with Gasteiger partial charge in [0.15, 0.2) is 0 Å². The minimum atomic E-state index is -0.220. The zero-order valence-electron chi connectivity index (χ0n) is 11.7. The van der Waals surface area contributed by atoms with Gasteiger partial charge in [0.25, 0.3) is 0 Å². The van der Waals surface area contributed by atoms with Crippen molar-refractivity contribution in [3.8, 4) is 0 Å². The number of rotatable bonds is 6. The van der Waals surface area contributed by atoms with Crippen molar-refractivity contribution >= 4 is 38.9 Å². The summed E-state index contributed by atoms with van der Waals surface area (Å²) in [6.45, 7) is 5.23. The topological polar surface area (TPSA) is 41.1 Å². The fourth-order valence-corrected chi connectivity index (χ4v) is 3.37. The van der Waals surface area contributed by atoms with Crippen molar-refractivity contribution in [2.75, 3.05) is 6.54 Å². The van der Waals surface area contributed by atoms with Gasteiger partial charge in [0, 0.05) is 28.1 Å². The molecule has 1 aromatic heterocycles. The molecule has 0 radical (unpaired) electrons. The maximum Gasteiger partial charge on any atom is 0.236 e. The Hall–Kier alpha value is -1.10. The van der Waals surface area contributed by atoms with E-state index in [1.54, 1.807) is 11.3 Å². The predicted octanol–water partition coefficient (Wildman–Crippen LogP) is 3.56. The molecule has 5 heteroatoms. The first-order chi connectivity index (χ1) is 9.63. The Morgan fingerprint density at radius 1 is 1.40 bits per heavy atom. The molecule has 0 aliphatic heterocycles. The highest BCUT2D eigenvalue weighted by Gasteiger charge is 2.14. The molecule has 0 aliphatic carbocycles. The number of carbonyl (C=O) groups excluding carboxylic acids is 1. The van der Waals surface area contributed by atoms with Crippen LogP contribution in [0.1, 0.15) is 25.1 Å². The van der Waals surface area contributed by atoms with Gasteiger partial charge >= 0.3 is 0 Å². The highest BCUT2D eigenvalue weighted by atomic mass is 35.5. The summed E-state index contributed by atoms with van der Waals surface area (Å²) >= 11 is 8.04. The molecule has 1 aromatic carbocycles. The van der Waals surface area contributed by atoms with Crippen LogP contribution >= 0.6 is 22.9 Å². The van der Waals surface area contributed by atoms with E-state index >= 15 is 0 Å². The van der Waals surface area contributed by atoms with Crippen LogP contribution in [0.25, 0.3) is 10.1 Å². The number of amides is 1. The van der Waals surface area contributed by atoms with E-state index in [4.69, 9.17) is 11.6 Å². The van der Waals surface area contributed by atoms with Gasteiger partial charge in [-0.25, -0.2) is 0 Å². The summed E-state index contributed by atoms with van der Waals surface area (Å²) < 4.78 is 1.18. The number of hydrogen-bond acceptors (Lipinski definition) is 3. The zero-order chi connectivity index (χ0) is 14.5. The second kappa shape index (κ2) is 7.07. The highest BCUT2D eigenvalue weighted by molar-refractivity contribution is 7.19. The Morgan fingerprint density at radius 2 is 2.15 bits per heavy atom. The van der Waals surface area contributed by atoms with Crippen molar-refractivity contribution < 1.29 is 4.79 Å². The van der Waals surface area contributed by atoms with Gasteiger partial charge in [-0.2, -0.15) is 0 Å². The van der Waals surface area contributed by atoms with Gasteiger partial charge in [-0.05, 0) is 19.4 Å². The number of benzene rings is 1. The first-order valence-electron chi connectivity index (χ1n) is 6.80. The molecule has 2 N–H and O–H groups in total. The van der Waals surface area contributed by atoms with Crippen molar-refractivity contribution in [3.05, 3.63) is 34.2 Å². The lowest BCUT2D eigenvalue weighted by molar-refractivity contribution is -0.122. The number of carbonyl (C=O) groups is 1. The van der Waals surface area contributed by atoms with Crippen molar-refractivity contribution in [1.29, 1.82) is 0 Å². The Kier molecular flexibility index (Phi) is 5.40. The van der Waals surface area contributed by atoms with Gasteiger partial charge in [0.2, 0.25) is 5.91 Å². The third-order valence-corrected chi connectivity index (χ3v) is 4.83. The third kappa shape index (κ3) is 3.51. The fourth-order valence-electron chi connectivity index (χ4n) is 1.92. The first kappa shape index (κ1) is 15.3. The molecule has 1 heterocycles. The molecule has 2 aromatic rings. The Morgan fingerprint density at radius 3 is 2.85 bits per heavy atom. The molecule has 20 heavy (non-hydrogen) atoms. The average molecular weight is 311 g/mol. The van der Waals surface area contributed by atoms with Gasteiger partial charge in [-0.1, -0.05) is 36.7 Å². The predicted molar refractivity (Wildman–Crippen MR) is 86.4 cm³/mol. The Bertz CT molecular complexity index is 597. The smallest absolute Gasteiger partial charge is 0.236 e. The second-order valence-corrected chi connectivity index (χ2v) is 6.24.